The van der Waals surface area contributed by atoms with Gasteiger partial charge in [0.2, 0.25) is 0 Å². The summed E-state index contributed by atoms with van der Waals surface area (Å²) in [6, 6.07) is 3.50. The van der Waals surface area contributed by atoms with E-state index in [1.54, 1.807) is 12.1 Å². The molecule has 0 aliphatic carbocycles. The molecule has 92 valence electrons. The number of morpholine rings is 1. The van der Waals surface area contributed by atoms with Crippen molar-refractivity contribution < 1.29 is 9.53 Å². The normalized spacial score (nSPS) is 20.4. The molecule has 2 heterocycles. The van der Waals surface area contributed by atoms with Crippen molar-refractivity contribution in [2.24, 2.45) is 0 Å². The van der Waals surface area contributed by atoms with Gasteiger partial charge in [0.25, 0.3) is 5.91 Å². The van der Waals surface area contributed by atoms with Gasteiger partial charge in [0.15, 0.2) is 0 Å². The van der Waals surface area contributed by atoms with E-state index in [1.807, 2.05) is 4.90 Å². The van der Waals surface area contributed by atoms with Crippen molar-refractivity contribution in [2.45, 2.75) is 19.4 Å². The van der Waals surface area contributed by atoms with Crippen LogP contribution in [0.5, 0.6) is 0 Å². The molecule has 1 aliphatic heterocycles. The number of carbonyl (C=O) groups excluding carboxylic acids is 1. The second kappa shape index (κ2) is 5.47. The van der Waals surface area contributed by atoms with E-state index >= 15 is 0 Å². The Morgan fingerprint density at radius 2 is 2.47 bits per heavy atom. The number of rotatable bonds is 2. The van der Waals surface area contributed by atoms with Crippen molar-refractivity contribution in [3.8, 4) is 0 Å². The number of amides is 1. The summed E-state index contributed by atoms with van der Waals surface area (Å²) in [6.45, 7) is 3.91. The summed E-state index contributed by atoms with van der Waals surface area (Å²) in [7, 11) is 0. The zero-order valence-electron chi connectivity index (χ0n) is 9.73. The molecule has 5 heteroatoms. The van der Waals surface area contributed by atoms with E-state index in [1.165, 1.54) is 6.20 Å². The van der Waals surface area contributed by atoms with Crippen LogP contribution in [0, 0.1) is 0 Å². The third-order valence-corrected chi connectivity index (χ3v) is 3.16. The van der Waals surface area contributed by atoms with Gasteiger partial charge in [0.05, 0.1) is 24.8 Å². The fraction of sp³-hybridized carbons (Fsp3) is 0.500. The predicted molar refractivity (Wildman–Crippen MR) is 65.2 cm³/mol. The topological polar surface area (TPSA) is 42.4 Å². The van der Waals surface area contributed by atoms with Gasteiger partial charge in [-0.15, -0.1) is 0 Å². The lowest BCUT2D eigenvalue weighted by Gasteiger charge is -2.35. The van der Waals surface area contributed by atoms with Gasteiger partial charge in [0, 0.05) is 12.7 Å². The second-order valence-corrected chi connectivity index (χ2v) is 4.39. The number of nitrogens with zero attached hydrogens (tertiary/aromatic N) is 2. The summed E-state index contributed by atoms with van der Waals surface area (Å²) >= 11 is 5.70. The minimum absolute atomic E-state index is 0.00400. The summed E-state index contributed by atoms with van der Waals surface area (Å²) in [6.07, 6.45) is 2.42. The Morgan fingerprint density at radius 1 is 1.65 bits per heavy atom. The van der Waals surface area contributed by atoms with E-state index in [0.717, 1.165) is 6.42 Å². The fourth-order valence-electron chi connectivity index (χ4n) is 1.93. The predicted octanol–water partition coefficient (Wildman–Crippen LogP) is 1.99. The molecular weight excluding hydrogens is 240 g/mol. The molecule has 0 radical (unpaired) electrons. The maximum Gasteiger partial charge on any atom is 0.255 e. The van der Waals surface area contributed by atoms with Crippen LogP contribution < -0.4 is 0 Å². The van der Waals surface area contributed by atoms with E-state index in [0.29, 0.717) is 30.5 Å². The van der Waals surface area contributed by atoms with Crippen molar-refractivity contribution in [3.05, 3.63) is 29.0 Å². The van der Waals surface area contributed by atoms with Crippen LogP contribution in [0.1, 0.15) is 23.7 Å². The highest BCUT2D eigenvalue weighted by atomic mass is 35.5. The average molecular weight is 255 g/mol. The lowest BCUT2D eigenvalue weighted by molar-refractivity contribution is -0.00281. The molecule has 1 amide bonds. The van der Waals surface area contributed by atoms with Crippen LogP contribution in [0.3, 0.4) is 0 Å². The van der Waals surface area contributed by atoms with Crippen molar-refractivity contribution >= 4 is 17.5 Å². The summed E-state index contributed by atoms with van der Waals surface area (Å²) in [5, 5.41) is 0.399. The van der Waals surface area contributed by atoms with Crippen molar-refractivity contribution in [1.29, 1.82) is 0 Å². The first kappa shape index (κ1) is 12.3. The van der Waals surface area contributed by atoms with E-state index in [9.17, 15) is 4.79 Å². The van der Waals surface area contributed by atoms with Gasteiger partial charge < -0.3 is 9.64 Å². The molecule has 1 unspecified atom stereocenters. The molecule has 0 N–H and O–H groups in total. The van der Waals surface area contributed by atoms with Gasteiger partial charge in [-0.2, -0.15) is 0 Å². The SMILES string of the molecule is CCC1COCCN1C(=O)c1ccc(Cl)nc1. The number of hydrogen-bond acceptors (Lipinski definition) is 3. The molecule has 0 bridgehead atoms. The Kier molecular flexibility index (Phi) is 3.97. The zero-order valence-corrected chi connectivity index (χ0v) is 10.5. The van der Waals surface area contributed by atoms with E-state index in [-0.39, 0.29) is 11.9 Å². The summed E-state index contributed by atoms with van der Waals surface area (Å²) in [4.78, 5) is 18.1. The maximum atomic E-state index is 12.3. The Bertz CT molecular complexity index is 394. The molecule has 4 nitrogen and oxygen atoms in total. The lowest BCUT2D eigenvalue weighted by atomic mass is 10.1. The second-order valence-electron chi connectivity index (χ2n) is 4.01. The zero-order chi connectivity index (χ0) is 12.3. The van der Waals surface area contributed by atoms with E-state index in [4.69, 9.17) is 16.3 Å². The number of halogens is 1. The molecule has 2 rings (SSSR count). The van der Waals surface area contributed by atoms with Gasteiger partial charge in [-0.25, -0.2) is 4.98 Å². The largest absolute Gasteiger partial charge is 0.377 e. The minimum Gasteiger partial charge on any atom is -0.377 e. The highest BCUT2D eigenvalue weighted by molar-refractivity contribution is 6.29. The Morgan fingerprint density at radius 3 is 3.12 bits per heavy atom. The van der Waals surface area contributed by atoms with E-state index < -0.39 is 0 Å². The van der Waals surface area contributed by atoms with Crippen LogP contribution in [-0.2, 0) is 4.74 Å². The minimum atomic E-state index is 0.00400. The Labute approximate surface area is 106 Å². The van der Waals surface area contributed by atoms with Crippen LogP contribution in [-0.4, -0.2) is 41.6 Å². The molecule has 1 aromatic rings. The van der Waals surface area contributed by atoms with Crippen molar-refractivity contribution in [1.82, 2.24) is 9.88 Å². The standard InChI is InChI=1S/C12H15ClN2O2/c1-2-10-8-17-6-5-15(10)12(16)9-3-4-11(13)14-7-9/h3-4,7,10H,2,5-6,8H2,1H3. The van der Waals surface area contributed by atoms with Crippen LogP contribution in [0.15, 0.2) is 18.3 Å². The van der Waals surface area contributed by atoms with Gasteiger partial charge in [0.1, 0.15) is 5.15 Å². The molecule has 1 fully saturated rings. The molecule has 0 spiro atoms. The molecule has 1 aromatic heterocycles. The number of aromatic nitrogens is 1. The highest BCUT2D eigenvalue weighted by Crippen LogP contribution is 2.15. The third kappa shape index (κ3) is 2.76. The first-order chi connectivity index (χ1) is 8.22. The fourth-order valence-corrected chi connectivity index (χ4v) is 2.04. The molecule has 17 heavy (non-hydrogen) atoms. The molecule has 0 aromatic carbocycles. The quantitative estimate of drug-likeness (QED) is 0.758. The van der Waals surface area contributed by atoms with Crippen LogP contribution >= 0.6 is 11.6 Å². The lowest BCUT2D eigenvalue weighted by Crippen LogP contribution is -2.48. The monoisotopic (exact) mass is 254 g/mol. The Hall–Kier alpha value is -1.13. The summed E-state index contributed by atoms with van der Waals surface area (Å²) < 4.78 is 5.38. The summed E-state index contributed by atoms with van der Waals surface area (Å²) in [5.41, 5.74) is 0.578. The summed E-state index contributed by atoms with van der Waals surface area (Å²) in [5.74, 6) is 0.00400. The van der Waals surface area contributed by atoms with Crippen molar-refractivity contribution in [2.75, 3.05) is 19.8 Å². The average Bonchev–Trinajstić information content (AvgIpc) is 2.39. The third-order valence-electron chi connectivity index (χ3n) is 2.93. The maximum absolute atomic E-state index is 12.3. The smallest absolute Gasteiger partial charge is 0.255 e. The molecule has 1 saturated heterocycles. The van der Waals surface area contributed by atoms with Gasteiger partial charge in [-0.3, -0.25) is 4.79 Å². The molecule has 1 aliphatic rings. The highest BCUT2D eigenvalue weighted by Gasteiger charge is 2.26. The van der Waals surface area contributed by atoms with Gasteiger partial charge >= 0.3 is 0 Å². The number of hydrogen-bond donors (Lipinski definition) is 0. The van der Waals surface area contributed by atoms with Crippen LogP contribution in [0.2, 0.25) is 5.15 Å². The number of ether oxygens (including phenoxy) is 1. The van der Waals surface area contributed by atoms with Gasteiger partial charge in [-0.1, -0.05) is 18.5 Å². The molecule has 1 atom stereocenters. The van der Waals surface area contributed by atoms with Crippen LogP contribution in [0.4, 0.5) is 0 Å². The number of pyridine rings is 1. The van der Waals surface area contributed by atoms with Crippen molar-refractivity contribution in [3.63, 3.8) is 0 Å². The Balaban J connectivity index is 2.15. The molecular formula is C12H15ClN2O2. The van der Waals surface area contributed by atoms with Crippen LogP contribution in [0.25, 0.3) is 0 Å². The number of carbonyl (C=O) groups is 1. The van der Waals surface area contributed by atoms with E-state index in [2.05, 4.69) is 11.9 Å². The first-order valence-electron chi connectivity index (χ1n) is 5.72. The first-order valence-corrected chi connectivity index (χ1v) is 6.10. The van der Waals surface area contributed by atoms with Gasteiger partial charge in [-0.05, 0) is 18.6 Å². The molecule has 0 saturated carbocycles.